The van der Waals surface area contributed by atoms with Gasteiger partial charge in [-0.1, -0.05) is 0 Å². The summed E-state index contributed by atoms with van der Waals surface area (Å²) in [6.07, 6.45) is -0.481. The lowest BCUT2D eigenvalue weighted by molar-refractivity contribution is -0.134. The Balaban J connectivity index is 2.66. The Morgan fingerprint density at radius 2 is 2.05 bits per heavy atom. The minimum atomic E-state index is -0.616. The molecule has 1 aliphatic heterocycles. The number of rotatable bonds is 4. The first-order chi connectivity index (χ1) is 8.85. The van der Waals surface area contributed by atoms with Crippen LogP contribution in [0, 0.1) is 0 Å². The van der Waals surface area contributed by atoms with Crippen molar-refractivity contribution in [2.75, 3.05) is 33.0 Å². The van der Waals surface area contributed by atoms with Gasteiger partial charge in [0.25, 0.3) is 0 Å². The number of nitrogens with zero attached hydrogens (tertiary/aromatic N) is 1. The number of hydrogen-bond acceptors (Lipinski definition) is 5. The molecule has 0 aromatic carbocycles. The molecular weight excluding hydrogens is 250 g/mol. The lowest BCUT2D eigenvalue weighted by Gasteiger charge is -2.35. The molecule has 6 nitrogen and oxygen atoms in total. The van der Waals surface area contributed by atoms with Crippen LogP contribution >= 0.6 is 0 Å². The Morgan fingerprint density at radius 3 is 2.63 bits per heavy atom. The highest BCUT2D eigenvalue weighted by atomic mass is 16.6. The van der Waals surface area contributed by atoms with Crippen molar-refractivity contribution in [3.05, 3.63) is 0 Å². The lowest BCUT2D eigenvalue weighted by atomic mass is 10.1. The van der Waals surface area contributed by atoms with Crippen LogP contribution in [0.4, 0.5) is 4.79 Å². The molecule has 0 radical (unpaired) electrons. The van der Waals surface area contributed by atoms with Crippen molar-refractivity contribution in [1.29, 1.82) is 0 Å². The molecule has 1 heterocycles. The quantitative estimate of drug-likeness (QED) is 0.770. The van der Waals surface area contributed by atoms with Gasteiger partial charge in [-0.2, -0.15) is 0 Å². The minimum Gasteiger partial charge on any atom is -0.444 e. The fourth-order valence-corrected chi connectivity index (χ4v) is 1.71. The standard InChI is InChI=1S/C13H23NO5/c1-5-17-9-11(15)10-8-18-7-6-14(10)12(16)19-13(2,3)4/h10H,5-9H2,1-4H3. The molecule has 6 heteroatoms. The third kappa shape index (κ3) is 5.16. The first kappa shape index (κ1) is 15.9. The van der Waals surface area contributed by atoms with E-state index in [0.29, 0.717) is 19.8 Å². The summed E-state index contributed by atoms with van der Waals surface area (Å²) in [4.78, 5) is 25.5. The first-order valence-corrected chi connectivity index (χ1v) is 6.53. The highest BCUT2D eigenvalue weighted by Crippen LogP contribution is 2.15. The van der Waals surface area contributed by atoms with E-state index in [9.17, 15) is 9.59 Å². The second kappa shape index (κ2) is 6.86. The van der Waals surface area contributed by atoms with Crippen LogP contribution in [0.15, 0.2) is 0 Å². The van der Waals surface area contributed by atoms with Gasteiger partial charge >= 0.3 is 6.09 Å². The van der Waals surface area contributed by atoms with Gasteiger partial charge in [-0.25, -0.2) is 4.79 Å². The molecule has 0 saturated carbocycles. The number of hydrogen-bond donors (Lipinski definition) is 0. The van der Waals surface area contributed by atoms with Crippen LogP contribution in [0.25, 0.3) is 0 Å². The van der Waals surface area contributed by atoms with Crippen molar-refractivity contribution in [3.63, 3.8) is 0 Å². The second-order valence-electron chi connectivity index (χ2n) is 5.37. The van der Waals surface area contributed by atoms with Gasteiger partial charge in [0, 0.05) is 13.2 Å². The topological polar surface area (TPSA) is 65.1 Å². The molecule has 0 aromatic rings. The summed E-state index contributed by atoms with van der Waals surface area (Å²) < 4.78 is 15.7. The van der Waals surface area contributed by atoms with Crippen LogP contribution in [0.5, 0.6) is 0 Å². The zero-order chi connectivity index (χ0) is 14.5. The fourth-order valence-electron chi connectivity index (χ4n) is 1.71. The number of carbonyl (C=O) groups excluding carboxylic acids is 2. The van der Waals surface area contributed by atoms with E-state index in [0.717, 1.165) is 0 Å². The molecule has 0 N–H and O–H groups in total. The monoisotopic (exact) mass is 273 g/mol. The van der Waals surface area contributed by atoms with E-state index in [1.807, 2.05) is 6.92 Å². The molecule has 1 unspecified atom stereocenters. The van der Waals surface area contributed by atoms with E-state index < -0.39 is 17.7 Å². The maximum absolute atomic E-state index is 12.1. The summed E-state index contributed by atoms with van der Waals surface area (Å²) in [5.74, 6) is -0.160. The first-order valence-electron chi connectivity index (χ1n) is 6.53. The summed E-state index contributed by atoms with van der Waals surface area (Å²) in [5, 5.41) is 0. The van der Waals surface area contributed by atoms with Crippen LogP contribution in [-0.4, -0.2) is 61.4 Å². The average molecular weight is 273 g/mol. The molecule has 1 saturated heterocycles. The van der Waals surface area contributed by atoms with E-state index in [1.54, 1.807) is 20.8 Å². The Labute approximate surface area is 114 Å². The molecule has 19 heavy (non-hydrogen) atoms. The summed E-state index contributed by atoms with van der Waals surface area (Å²) >= 11 is 0. The van der Waals surface area contributed by atoms with Crippen molar-refractivity contribution >= 4 is 11.9 Å². The molecule has 110 valence electrons. The number of carbonyl (C=O) groups is 2. The van der Waals surface area contributed by atoms with Crippen molar-refractivity contribution in [2.24, 2.45) is 0 Å². The molecular formula is C13H23NO5. The zero-order valence-electron chi connectivity index (χ0n) is 12.1. The van der Waals surface area contributed by atoms with E-state index in [1.165, 1.54) is 4.90 Å². The second-order valence-corrected chi connectivity index (χ2v) is 5.37. The third-order valence-corrected chi connectivity index (χ3v) is 2.58. The van der Waals surface area contributed by atoms with E-state index in [2.05, 4.69) is 0 Å². The van der Waals surface area contributed by atoms with Crippen LogP contribution in [0.1, 0.15) is 27.7 Å². The molecule has 0 spiro atoms. The maximum Gasteiger partial charge on any atom is 0.411 e. The molecule has 0 bridgehead atoms. The van der Waals surface area contributed by atoms with Crippen molar-refractivity contribution < 1.29 is 23.8 Å². The number of ether oxygens (including phenoxy) is 3. The number of ketones is 1. The summed E-state index contributed by atoms with van der Waals surface area (Å²) in [6.45, 7) is 8.62. The van der Waals surface area contributed by atoms with Crippen LogP contribution in [0.2, 0.25) is 0 Å². The van der Waals surface area contributed by atoms with Gasteiger partial charge in [0.1, 0.15) is 18.2 Å². The Kier molecular flexibility index (Phi) is 5.75. The summed E-state index contributed by atoms with van der Waals surface area (Å²) in [6, 6.07) is -0.616. The number of amides is 1. The van der Waals surface area contributed by atoms with E-state index in [-0.39, 0.29) is 19.0 Å². The Hall–Kier alpha value is -1.14. The Morgan fingerprint density at radius 1 is 1.37 bits per heavy atom. The summed E-state index contributed by atoms with van der Waals surface area (Å²) in [5.41, 5.74) is -0.580. The molecule has 1 aliphatic rings. The van der Waals surface area contributed by atoms with Crippen molar-refractivity contribution in [2.45, 2.75) is 39.3 Å². The number of morpholine rings is 1. The molecule has 0 aliphatic carbocycles. The third-order valence-electron chi connectivity index (χ3n) is 2.58. The summed E-state index contributed by atoms with van der Waals surface area (Å²) in [7, 11) is 0. The molecule has 1 amide bonds. The Bertz CT molecular complexity index is 323. The molecule has 1 fully saturated rings. The SMILES string of the molecule is CCOCC(=O)C1COCCN1C(=O)OC(C)(C)C. The predicted octanol–water partition coefficient (Wildman–Crippen LogP) is 1.23. The van der Waals surface area contributed by atoms with Crippen LogP contribution in [0.3, 0.4) is 0 Å². The van der Waals surface area contributed by atoms with E-state index in [4.69, 9.17) is 14.2 Å². The zero-order valence-corrected chi connectivity index (χ0v) is 12.1. The van der Waals surface area contributed by atoms with Crippen molar-refractivity contribution in [3.8, 4) is 0 Å². The van der Waals surface area contributed by atoms with Gasteiger partial charge in [0.2, 0.25) is 0 Å². The van der Waals surface area contributed by atoms with E-state index >= 15 is 0 Å². The molecule has 1 rings (SSSR count). The largest absolute Gasteiger partial charge is 0.444 e. The fraction of sp³-hybridized carbons (Fsp3) is 0.846. The van der Waals surface area contributed by atoms with Gasteiger partial charge in [0.15, 0.2) is 5.78 Å². The normalized spacial score (nSPS) is 20.2. The van der Waals surface area contributed by atoms with Gasteiger partial charge in [-0.15, -0.1) is 0 Å². The smallest absolute Gasteiger partial charge is 0.411 e. The van der Waals surface area contributed by atoms with Gasteiger partial charge in [-0.3, -0.25) is 9.69 Å². The maximum atomic E-state index is 12.1. The lowest BCUT2D eigenvalue weighted by Crippen LogP contribution is -2.54. The van der Waals surface area contributed by atoms with Gasteiger partial charge < -0.3 is 14.2 Å². The highest BCUT2D eigenvalue weighted by Gasteiger charge is 2.35. The molecule has 0 aromatic heterocycles. The molecule has 1 atom stereocenters. The average Bonchev–Trinajstić information content (AvgIpc) is 2.34. The predicted molar refractivity (Wildman–Crippen MR) is 69.0 cm³/mol. The van der Waals surface area contributed by atoms with Gasteiger partial charge in [-0.05, 0) is 27.7 Å². The van der Waals surface area contributed by atoms with Crippen molar-refractivity contribution in [1.82, 2.24) is 4.90 Å². The van der Waals surface area contributed by atoms with Crippen LogP contribution in [-0.2, 0) is 19.0 Å². The van der Waals surface area contributed by atoms with Gasteiger partial charge in [0.05, 0.1) is 13.2 Å². The number of Topliss-reactive ketones (excluding diaryl/α,β-unsaturated/α-hetero) is 1. The van der Waals surface area contributed by atoms with Crippen LogP contribution < -0.4 is 0 Å². The highest BCUT2D eigenvalue weighted by molar-refractivity contribution is 5.88. The minimum absolute atomic E-state index is 0.0101.